The first-order valence-corrected chi connectivity index (χ1v) is 53.8. The fourth-order valence-corrected chi connectivity index (χ4v) is 19.9. The van der Waals surface area contributed by atoms with E-state index in [9.17, 15) is 45.2 Å². The highest BCUT2D eigenvalue weighted by atomic mass is 31.2. The van der Waals surface area contributed by atoms with Gasteiger partial charge in [0.05, 0.1) is 62.2 Å². The Balaban J connectivity index is 0.000000137. The molecule has 6 aliphatic heterocycles. The zero-order chi connectivity index (χ0) is 87.0. The number of aliphatic hydroxyl groups excluding tert-OH is 6. The van der Waals surface area contributed by atoms with E-state index < -0.39 is 155 Å². The molecule has 0 aliphatic carbocycles. The van der Waals surface area contributed by atoms with E-state index in [1.165, 1.54) is 61.5 Å². The van der Waals surface area contributed by atoms with E-state index in [1.54, 1.807) is 38.4 Å². The molecule has 16 rings (SSSR count). The predicted molar refractivity (Wildman–Crippen MR) is 471 cm³/mol. The van der Waals surface area contributed by atoms with Crippen molar-refractivity contribution in [2.24, 2.45) is 0 Å². The molecule has 0 saturated carbocycles. The Hall–Kier alpha value is -7.38. The standard InChI is InChI=1S/C15H22N5O3P.3C15H24N5O3P.C14H21FN5O2P/c1-24(2,3)5-4-15-6-22-10(11(15)21)14(23-15)20-8-19-9-12(16)17-7-18-13(9)20;1-15(5-6-24(2,3)4)11(22)10(21)14(23-15)20-8-19-9-12(16)17-7-18-13(9)20;2*1-15(22)11(21)9(5-6-24(2,3)4)23-14(15)20-8-19-10-12(16)17-7-18-13(10)20;1-23(2,3)5-4-8-11(21)9(15)14(22-8)20-7-19-10-12(16)17-6-18-13(10)20/h7-8,10-11,14,21H,1,4-6H2,2-3H3,(H2,16,17,18);7-8,10-11,14,21-22H,2,5-6H2,1,3-4H3,(H2,16,17,18);2*7-9,11,14,21-22H,2,5-6H2,1,3-4H3,(H2,16,17,18);6-9,11,14,21H,1,4-5H2,2-3H3,(H2,16,17,18)/t10-,11+,14-,15+;10-,11+,14-,15-;9-,11-,14-,15+;9-,11-,14-,15-;8-,9-,11-,14-/m11111/s1. The maximum Gasteiger partial charge on any atom is 0.173 e. The maximum absolute atomic E-state index is 14.5. The molecule has 0 radical (unpaired) electrons. The van der Waals surface area contributed by atoms with Crippen LogP contribution in [0.15, 0.2) is 63.3 Å². The molecule has 0 aromatic carbocycles. The average molecular weight is 1750 g/mol. The SMILES string of the molecule is C=P(C)(C)CC[C@@]1(C)O[C@@H](n2cnc3c(N)ncnc32)[C@H](O)[C@@H]1O.C=P(C)(C)CC[C@@]12CO[C@@H]([C@H](n3cnc4c(N)ncnc43)O1)[C@@H]2O.C=P(C)(C)CC[C@H]1O[C@@H](n2cnc3c(N)ncnc32)[C@@](C)(O)[C@@H]1O.C=P(C)(C)CC[C@H]1O[C@@H](n2cnc3c(N)ncnc32)[C@H](F)[C@@H]1O.C=P(C)(C)CC[C@H]1O[C@@H](n2cnc3c(N)ncnc32)[C@](C)(O)[C@@H]1O. The Morgan fingerprint density at radius 2 is 0.714 bits per heavy atom. The number of nitrogen functional groups attached to an aromatic ring is 5. The molecular formula is C74H115FN25O14P5. The highest BCUT2D eigenvalue weighted by Crippen LogP contribution is 2.52. The van der Waals surface area contributed by atoms with E-state index in [0.717, 1.165) is 37.2 Å². The molecule has 119 heavy (non-hydrogen) atoms. The first-order chi connectivity index (χ1) is 55.4. The minimum Gasteiger partial charge on any atom is -0.387 e. The Morgan fingerprint density at radius 3 is 1.08 bits per heavy atom. The molecule has 20 atom stereocenters. The fraction of sp³-hybridized carbons (Fsp3) is 0.595. The number of nitrogens with two attached hydrogens (primary N) is 5. The van der Waals surface area contributed by atoms with E-state index in [4.69, 9.17) is 57.1 Å². The summed E-state index contributed by atoms with van der Waals surface area (Å²) in [5.74, 6) is 1.33. The van der Waals surface area contributed by atoms with Crippen molar-refractivity contribution < 1.29 is 73.7 Å². The Labute approximate surface area is 688 Å². The van der Waals surface area contributed by atoms with Gasteiger partial charge in [-0.15, -0.1) is 65.9 Å². The maximum atomic E-state index is 14.5. The molecule has 10 aromatic heterocycles. The van der Waals surface area contributed by atoms with E-state index in [-0.39, 0.29) is 23.3 Å². The second-order valence-electron chi connectivity index (χ2n) is 35.5. The lowest BCUT2D eigenvalue weighted by Crippen LogP contribution is -2.43. The molecule has 2 bridgehead atoms. The molecule has 0 spiro atoms. The van der Waals surface area contributed by atoms with Crippen LogP contribution in [0.25, 0.3) is 55.8 Å². The first-order valence-electron chi connectivity index (χ1n) is 38.6. The lowest BCUT2D eigenvalue weighted by Gasteiger charge is -2.32. The number of aromatic nitrogens is 20. The van der Waals surface area contributed by atoms with E-state index in [0.29, 0.717) is 93.9 Å². The van der Waals surface area contributed by atoms with Crippen molar-refractivity contribution in [1.82, 2.24) is 97.6 Å². The van der Waals surface area contributed by atoms with E-state index >= 15 is 0 Å². The zero-order valence-electron chi connectivity index (χ0n) is 69.3. The summed E-state index contributed by atoms with van der Waals surface area (Å²) in [5.41, 5.74) is 29.1. The lowest BCUT2D eigenvalue weighted by atomic mass is 9.95. The lowest BCUT2D eigenvalue weighted by molar-refractivity contribution is -0.172. The molecule has 6 aliphatic rings. The summed E-state index contributed by atoms with van der Waals surface area (Å²) in [4.78, 5) is 61.4. The molecule has 0 unspecified atom stereocenters. The molecule has 6 saturated heterocycles. The van der Waals surface area contributed by atoms with Crippen molar-refractivity contribution in [3.63, 3.8) is 0 Å². The normalized spacial score (nSPS) is 30.8. The third kappa shape index (κ3) is 19.4. The summed E-state index contributed by atoms with van der Waals surface area (Å²) in [6.07, 6.45) is 29.4. The second-order valence-corrected chi connectivity index (χ2v) is 57.1. The van der Waals surface area contributed by atoms with Crippen molar-refractivity contribution in [2.75, 3.05) is 133 Å². The number of ether oxygens (including phenoxy) is 6. The molecule has 45 heteroatoms. The van der Waals surface area contributed by atoms with Crippen molar-refractivity contribution in [3.05, 3.63) is 63.3 Å². The number of hydrogen-bond acceptors (Lipinski definition) is 34. The topological polar surface area (TPSA) is 565 Å². The van der Waals surface area contributed by atoms with Crippen molar-refractivity contribution >= 4 is 151 Å². The molecule has 0 amide bonds. The van der Waals surface area contributed by atoms with Gasteiger partial charge in [-0.3, -0.25) is 22.8 Å². The number of hydrogen-bond donors (Lipinski definition) is 13. The van der Waals surface area contributed by atoms with E-state index in [1.807, 2.05) is 6.92 Å². The monoisotopic (exact) mass is 1750 g/mol. The summed E-state index contributed by atoms with van der Waals surface area (Å²) in [7, 11) is 0. The molecule has 6 fully saturated rings. The van der Waals surface area contributed by atoms with Gasteiger partial charge in [0.2, 0.25) is 0 Å². The molecule has 18 N–H and O–H groups in total. The summed E-state index contributed by atoms with van der Waals surface area (Å²) >= 11 is 0. The van der Waals surface area contributed by atoms with Gasteiger partial charge in [-0.2, -0.15) is 0 Å². The quantitative estimate of drug-likeness (QED) is 0.0487. The third-order valence-electron chi connectivity index (χ3n) is 22.1. The first kappa shape index (κ1) is 90.8. The van der Waals surface area contributed by atoms with Crippen LogP contribution >= 0.6 is 34.4 Å². The van der Waals surface area contributed by atoms with Crippen LogP contribution < -0.4 is 28.7 Å². The van der Waals surface area contributed by atoms with Crippen LogP contribution in [-0.4, -0.2) is 364 Å². The number of halogens is 1. The van der Waals surface area contributed by atoms with Crippen LogP contribution in [0, 0.1) is 0 Å². The number of imidazole rings is 5. The van der Waals surface area contributed by atoms with Gasteiger partial charge < -0.3 is 97.9 Å². The minimum absolute atomic E-state index is 0.225. The van der Waals surface area contributed by atoms with Crippen molar-refractivity contribution in [2.45, 2.75) is 174 Å². The Morgan fingerprint density at radius 1 is 0.395 bits per heavy atom. The smallest absolute Gasteiger partial charge is 0.173 e. The summed E-state index contributed by atoms with van der Waals surface area (Å²) in [6.45, 7) is 20.5. The summed E-state index contributed by atoms with van der Waals surface area (Å²) < 4.78 is 58.5. The Kier molecular flexibility index (Phi) is 26.2. The summed E-state index contributed by atoms with van der Waals surface area (Å²) in [5, 5.41) is 84.6. The van der Waals surface area contributed by atoms with Crippen LogP contribution in [0.4, 0.5) is 33.5 Å². The van der Waals surface area contributed by atoms with Gasteiger partial charge in [0.15, 0.2) is 94.6 Å². The number of nitrogens with zero attached hydrogens (tertiary/aromatic N) is 20. The van der Waals surface area contributed by atoms with Gasteiger partial charge in [0, 0.05) is 0 Å². The zero-order valence-corrected chi connectivity index (χ0v) is 73.8. The van der Waals surface area contributed by atoms with Crippen LogP contribution in [0.5, 0.6) is 0 Å². The van der Waals surface area contributed by atoms with Crippen LogP contribution in [0.2, 0.25) is 0 Å². The van der Waals surface area contributed by atoms with Gasteiger partial charge in [0.1, 0.15) is 119 Å². The number of fused-ring (bicyclic) bond motifs is 7. The van der Waals surface area contributed by atoms with Crippen LogP contribution in [-0.2, 0) is 28.4 Å². The predicted octanol–water partition coefficient (Wildman–Crippen LogP) is 3.19. The molecule has 10 aromatic rings. The van der Waals surface area contributed by atoms with Gasteiger partial charge in [-0.1, -0.05) is 0 Å². The minimum atomic E-state index is -1.56. The molecule has 39 nitrogen and oxygen atoms in total. The van der Waals surface area contributed by atoms with Gasteiger partial charge >= 0.3 is 0 Å². The number of alkyl halides is 1. The third-order valence-corrected chi connectivity index (χ3v) is 29.4. The van der Waals surface area contributed by atoms with Crippen molar-refractivity contribution in [3.8, 4) is 0 Å². The number of anilines is 5. The summed E-state index contributed by atoms with van der Waals surface area (Å²) in [6, 6.07) is 0. The number of rotatable bonds is 20. The van der Waals surface area contributed by atoms with Crippen molar-refractivity contribution in [1.29, 1.82) is 0 Å². The highest BCUT2D eigenvalue weighted by Gasteiger charge is 2.62. The van der Waals surface area contributed by atoms with E-state index in [2.05, 4.69) is 173 Å². The second kappa shape index (κ2) is 34.4. The largest absolute Gasteiger partial charge is 0.387 e. The van der Waals surface area contributed by atoms with Gasteiger partial charge in [-0.05, 0) is 150 Å². The molecule has 16 heterocycles. The van der Waals surface area contributed by atoms with Crippen LogP contribution in [0.3, 0.4) is 0 Å². The fourth-order valence-electron chi connectivity index (χ4n) is 15.0. The Bertz CT molecular complexity index is 5340. The molecular weight excluding hydrogens is 1640 g/mol. The average Bonchev–Trinajstić information content (AvgIpc) is 1.53. The van der Waals surface area contributed by atoms with Gasteiger partial charge in [-0.25, -0.2) is 79.2 Å². The highest BCUT2D eigenvalue weighted by molar-refractivity contribution is 7.73. The number of aliphatic hydroxyl groups is 8. The molecule has 652 valence electrons. The van der Waals surface area contributed by atoms with Gasteiger partial charge in [0.25, 0.3) is 0 Å². The van der Waals surface area contributed by atoms with Crippen LogP contribution in [0.1, 0.15) is 84.0 Å².